The summed E-state index contributed by atoms with van der Waals surface area (Å²) < 4.78 is 11.7. The van der Waals surface area contributed by atoms with E-state index >= 15 is 0 Å². The maximum Gasteiger partial charge on any atom is 0.278 e. The Kier molecular flexibility index (Phi) is 5.27. The zero-order chi connectivity index (χ0) is 14.4. The molecule has 1 aromatic heterocycles. The molecule has 0 aliphatic carbocycles. The van der Waals surface area contributed by atoms with Gasteiger partial charge in [0.25, 0.3) is 5.97 Å². The Hall–Kier alpha value is -0.586. The van der Waals surface area contributed by atoms with Crippen LogP contribution in [-0.2, 0) is 48.8 Å². The summed E-state index contributed by atoms with van der Waals surface area (Å²) in [5.41, 5.74) is -0.826. The van der Waals surface area contributed by atoms with Crippen molar-refractivity contribution >= 4 is 5.97 Å². The van der Waals surface area contributed by atoms with E-state index in [0.717, 1.165) is 0 Å². The van der Waals surface area contributed by atoms with Crippen molar-refractivity contribution in [2.45, 2.75) is 40.5 Å². The van der Waals surface area contributed by atoms with Crippen LogP contribution in [0.3, 0.4) is 0 Å². The summed E-state index contributed by atoms with van der Waals surface area (Å²) in [6, 6.07) is 0. The molecule has 0 fully saturated rings. The molecule has 20 heavy (non-hydrogen) atoms. The van der Waals surface area contributed by atoms with Crippen LogP contribution in [0.2, 0.25) is 0 Å². The Bertz CT molecular complexity index is 567. The van der Waals surface area contributed by atoms with Gasteiger partial charge in [-0.1, -0.05) is 20.8 Å². The molecule has 1 unspecified atom stereocenters. The van der Waals surface area contributed by atoms with E-state index in [-0.39, 0.29) is 62.7 Å². The summed E-state index contributed by atoms with van der Waals surface area (Å²) in [4.78, 5) is 24.0. The molecule has 1 atom stereocenters. The van der Waals surface area contributed by atoms with Crippen molar-refractivity contribution in [2.24, 2.45) is 5.41 Å². The number of hydrogen-bond donors (Lipinski definition) is 1. The van der Waals surface area contributed by atoms with E-state index in [4.69, 9.17) is 9.47 Å². The zero-order valence-electron chi connectivity index (χ0n) is 12.1. The standard InChI is InChI=1S/C13H18NO5.Y/c1-5-18-11(17)8-9(15)7-6-19-12(13(2,3)4)14(7)10(8)16;/h12,15H,5-6H2,1-4H3;/q-1;. The van der Waals surface area contributed by atoms with Crippen molar-refractivity contribution in [3.8, 4) is 5.75 Å². The molecule has 1 aromatic rings. The van der Waals surface area contributed by atoms with Crippen LogP contribution < -0.4 is 5.56 Å². The number of carbonyl (C=O) groups excluding carboxylic acids is 1. The van der Waals surface area contributed by atoms with E-state index in [0.29, 0.717) is 5.69 Å². The fourth-order valence-corrected chi connectivity index (χ4v) is 2.25. The van der Waals surface area contributed by atoms with Crippen molar-refractivity contribution < 1.29 is 52.1 Å². The predicted octanol–water partition coefficient (Wildman–Crippen LogP) is 1.52. The van der Waals surface area contributed by atoms with Gasteiger partial charge in [-0.3, -0.25) is 4.79 Å². The number of aromatic nitrogens is 1. The average molecular weight is 357 g/mol. The van der Waals surface area contributed by atoms with Gasteiger partial charge >= 0.3 is 0 Å². The van der Waals surface area contributed by atoms with E-state index in [2.05, 4.69) is 0 Å². The summed E-state index contributed by atoms with van der Waals surface area (Å²) >= 11 is 0. The molecule has 0 bridgehead atoms. The van der Waals surface area contributed by atoms with Crippen molar-refractivity contribution in [3.05, 3.63) is 21.6 Å². The molecule has 0 amide bonds. The Morgan fingerprint density at radius 2 is 2.15 bits per heavy atom. The molecule has 1 radical (unpaired) electrons. The summed E-state index contributed by atoms with van der Waals surface area (Å²) in [6.07, 6.45) is -0.496. The molecule has 7 heteroatoms. The molecule has 0 saturated heterocycles. The van der Waals surface area contributed by atoms with E-state index < -0.39 is 17.8 Å². The van der Waals surface area contributed by atoms with Gasteiger partial charge in [-0.25, -0.2) is 0 Å². The molecule has 0 saturated carbocycles. The quantitative estimate of drug-likeness (QED) is 0.642. The van der Waals surface area contributed by atoms with Crippen LogP contribution in [-0.4, -0.2) is 22.2 Å². The third kappa shape index (κ3) is 2.74. The summed E-state index contributed by atoms with van der Waals surface area (Å²) in [5, 5.41) is 10.0. The number of fused-ring (bicyclic) bond motifs is 1. The molecule has 6 nitrogen and oxygen atoms in total. The van der Waals surface area contributed by atoms with E-state index in [9.17, 15) is 14.7 Å². The van der Waals surface area contributed by atoms with Gasteiger partial charge in [0.05, 0.1) is 6.61 Å². The van der Waals surface area contributed by atoms with Gasteiger partial charge in [0, 0.05) is 56.0 Å². The maximum absolute atomic E-state index is 12.3. The molecular formula is C13H18NO5Y-. The first-order chi connectivity index (χ1) is 8.79. The van der Waals surface area contributed by atoms with Crippen LogP contribution in [0.1, 0.15) is 50.0 Å². The molecule has 0 spiro atoms. The number of ether oxygens (including phenoxy) is 2. The monoisotopic (exact) mass is 357 g/mol. The maximum atomic E-state index is 12.3. The third-order valence-electron chi connectivity index (χ3n) is 3.07. The minimum atomic E-state index is -0.792. The fourth-order valence-electron chi connectivity index (χ4n) is 2.25. The second-order valence-corrected chi connectivity index (χ2v) is 5.60. The van der Waals surface area contributed by atoms with Gasteiger partial charge in [-0.15, -0.1) is 0 Å². The first kappa shape index (κ1) is 17.5. The fraction of sp³-hybridized carbons (Fsp3) is 0.615. The Labute approximate surface area is 142 Å². The van der Waals surface area contributed by atoms with Crippen LogP contribution in [0.15, 0.2) is 4.79 Å². The molecule has 0 aromatic carbocycles. The molecule has 1 N–H and O–H groups in total. The van der Waals surface area contributed by atoms with Crippen LogP contribution >= 0.6 is 0 Å². The van der Waals surface area contributed by atoms with Gasteiger partial charge < -0.3 is 23.9 Å². The zero-order valence-corrected chi connectivity index (χ0v) is 14.9. The van der Waals surface area contributed by atoms with Gasteiger partial charge in [-0.2, -0.15) is 0 Å². The predicted molar refractivity (Wildman–Crippen MR) is 67.2 cm³/mol. The minimum Gasteiger partial charge on any atom is -0.532 e. The number of rotatable bonds is 2. The Morgan fingerprint density at radius 3 is 2.65 bits per heavy atom. The van der Waals surface area contributed by atoms with Gasteiger partial charge in [0.2, 0.25) is 0 Å². The molecule has 1 aliphatic heterocycles. The summed E-state index contributed by atoms with van der Waals surface area (Å²) in [6.45, 7) is 7.68. The number of aromatic hydroxyl groups is 1. The van der Waals surface area contributed by atoms with E-state index in [1.165, 1.54) is 4.57 Å². The smallest absolute Gasteiger partial charge is 0.278 e. The first-order valence-electron chi connectivity index (χ1n) is 6.20. The van der Waals surface area contributed by atoms with Crippen molar-refractivity contribution in [3.63, 3.8) is 0 Å². The third-order valence-corrected chi connectivity index (χ3v) is 3.07. The number of esters is 1. The van der Waals surface area contributed by atoms with Crippen molar-refractivity contribution in [1.29, 1.82) is 0 Å². The first-order valence-corrected chi connectivity index (χ1v) is 6.20. The van der Waals surface area contributed by atoms with Crippen LogP contribution in [0.5, 0.6) is 5.75 Å². The molecule has 109 valence electrons. The summed E-state index contributed by atoms with van der Waals surface area (Å²) in [5.74, 6) is -1.12. The van der Waals surface area contributed by atoms with Crippen molar-refractivity contribution in [2.75, 3.05) is 6.61 Å². The average Bonchev–Trinajstić information content (AvgIpc) is 2.80. The Balaban J connectivity index is 0.00000200. The van der Waals surface area contributed by atoms with E-state index in [1.54, 1.807) is 6.92 Å². The van der Waals surface area contributed by atoms with E-state index in [1.807, 2.05) is 20.8 Å². The summed E-state index contributed by atoms with van der Waals surface area (Å²) in [7, 11) is 0. The van der Waals surface area contributed by atoms with Gasteiger partial charge in [0.1, 0.15) is 11.8 Å². The van der Waals surface area contributed by atoms with Gasteiger partial charge in [-0.05, 0) is 12.6 Å². The SMILES string of the molecule is CCOC(=O)c1c(O)[c-]2n(c1=O)C(C(C)(C)C)OC2.[Y]. The largest absolute Gasteiger partial charge is 0.532 e. The second kappa shape index (κ2) is 6.04. The normalized spacial score (nSPS) is 17.5. The van der Waals surface area contributed by atoms with Crippen molar-refractivity contribution in [1.82, 2.24) is 4.57 Å². The second-order valence-electron chi connectivity index (χ2n) is 5.60. The van der Waals surface area contributed by atoms with Crippen LogP contribution in [0.4, 0.5) is 0 Å². The minimum absolute atomic E-state index is 0. The molecule has 2 rings (SSSR count). The van der Waals surface area contributed by atoms with Crippen LogP contribution in [0, 0.1) is 5.41 Å². The Morgan fingerprint density at radius 1 is 1.55 bits per heavy atom. The molecular weight excluding hydrogens is 339 g/mol. The molecule has 1 aliphatic rings. The van der Waals surface area contributed by atoms with Gasteiger partial charge in [0.15, 0.2) is 0 Å². The number of nitrogens with zero attached hydrogens (tertiary/aromatic N) is 1. The number of carbonyl (C=O) groups is 1. The molecule has 2 heterocycles. The van der Waals surface area contributed by atoms with Crippen LogP contribution in [0.25, 0.3) is 0 Å². The number of hydrogen-bond acceptors (Lipinski definition) is 5. The topological polar surface area (TPSA) is 77.8 Å².